The van der Waals surface area contributed by atoms with Gasteiger partial charge in [0.1, 0.15) is 6.10 Å². The molecule has 0 bridgehead atoms. The van der Waals surface area contributed by atoms with E-state index in [4.69, 9.17) is 27.9 Å². The van der Waals surface area contributed by atoms with Crippen LogP contribution in [0.3, 0.4) is 0 Å². The third kappa shape index (κ3) is 6.03. The average Bonchev–Trinajstić information content (AvgIpc) is 2.75. The highest BCUT2D eigenvalue weighted by atomic mass is 35.5. The van der Waals surface area contributed by atoms with Crippen molar-refractivity contribution in [2.45, 2.75) is 64.1 Å². The summed E-state index contributed by atoms with van der Waals surface area (Å²) in [5.74, 6) is 0.765. The third-order valence-electron chi connectivity index (χ3n) is 6.72. The minimum atomic E-state index is -0.370. The van der Waals surface area contributed by atoms with E-state index in [0.29, 0.717) is 22.1 Å². The van der Waals surface area contributed by atoms with Crippen molar-refractivity contribution in [2.75, 3.05) is 38.2 Å². The van der Waals surface area contributed by atoms with Crippen LogP contribution >= 0.6 is 23.2 Å². The molecule has 2 unspecified atom stereocenters. The molecule has 1 saturated heterocycles. The summed E-state index contributed by atoms with van der Waals surface area (Å²) in [5, 5.41) is 4.40. The number of piperazine rings is 1. The molecule has 1 aliphatic carbocycles. The van der Waals surface area contributed by atoms with E-state index < -0.39 is 0 Å². The Balaban J connectivity index is 1.40. The molecular formula is C23H35Cl2N3O2. The van der Waals surface area contributed by atoms with Crippen LogP contribution in [0.2, 0.25) is 10.0 Å². The van der Waals surface area contributed by atoms with Gasteiger partial charge < -0.3 is 15.0 Å². The number of benzene rings is 1. The van der Waals surface area contributed by atoms with Gasteiger partial charge in [0, 0.05) is 38.8 Å². The van der Waals surface area contributed by atoms with Crippen molar-refractivity contribution in [1.82, 2.24) is 10.2 Å². The number of hydrogen-bond acceptors (Lipinski definition) is 4. The van der Waals surface area contributed by atoms with E-state index in [9.17, 15) is 4.79 Å². The van der Waals surface area contributed by atoms with Crippen LogP contribution in [0.25, 0.3) is 0 Å². The van der Waals surface area contributed by atoms with E-state index >= 15 is 0 Å². The second-order valence-corrected chi connectivity index (χ2v) is 9.59. The Bertz CT molecular complexity index is 710. The van der Waals surface area contributed by atoms with E-state index in [2.05, 4.69) is 28.1 Å². The molecule has 30 heavy (non-hydrogen) atoms. The van der Waals surface area contributed by atoms with Crippen LogP contribution in [0.1, 0.15) is 46.0 Å². The van der Waals surface area contributed by atoms with E-state index in [1.807, 2.05) is 12.1 Å². The van der Waals surface area contributed by atoms with Crippen molar-refractivity contribution < 1.29 is 9.53 Å². The summed E-state index contributed by atoms with van der Waals surface area (Å²) in [6.07, 6.45) is 5.40. The van der Waals surface area contributed by atoms with Crippen LogP contribution in [0.15, 0.2) is 18.2 Å². The largest absolute Gasteiger partial charge is 0.372 e. The number of ether oxygens (including phenoxy) is 1. The van der Waals surface area contributed by atoms with Gasteiger partial charge in [-0.05, 0) is 70.5 Å². The van der Waals surface area contributed by atoms with Crippen molar-refractivity contribution in [3.63, 3.8) is 0 Å². The Morgan fingerprint density at radius 2 is 1.97 bits per heavy atom. The Kier molecular flexibility index (Phi) is 8.70. The van der Waals surface area contributed by atoms with Crippen molar-refractivity contribution in [1.29, 1.82) is 0 Å². The maximum Gasteiger partial charge on any atom is 0.249 e. The number of rotatable bonds is 7. The molecule has 2 atom stereocenters. The Hall–Kier alpha value is -1.01. The number of anilines is 1. The zero-order valence-corrected chi connectivity index (χ0v) is 19.9. The molecule has 168 valence electrons. The van der Waals surface area contributed by atoms with E-state index in [1.54, 1.807) is 14.0 Å². The average molecular weight is 456 g/mol. The second kappa shape index (κ2) is 11.0. The lowest BCUT2D eigenvalue weighted by molar-refractivity contribution is -0.131. The number of nitrogens with zero attached hydrogens (tertiary/aromatic N) is 2. The number of halogens is 2. The number of carbonyl (C=O) groups is 1. The van der Waals surface area contributed by atoms with Gasteiger partial charge in [-0.15, -0.1) is 0 Å². The molecule has 0 radical (unpaired) electrons. The number of carbonyl (C=O) groups excluding carboxylic acids is 1. The molecule has 1 amide bonds. The lowest BCUT2D eigenvalue weighted by Crippen LogP contribution is -2.52. The number of amides is 1. The molecule has 2 fully saturated rings. The van der Waals surface area contributed by atoms with Gasteiger partial charge >= 0.3 is 0 Å². The zero-order valence-electron chi connectivity index (χ0n) is 18.4. The predicted octanol–water partition coefficient (Wildman–Crippen LogP) is 4.60. The molecule has 7 heteroatoms. The maximum absolute atomic E-state index is 12.0. The van der Waals surface area contributed by atoms with Crippen molar-refractivity contribution in [3.05, 3.63) is 28.2 Å². The van der Waals surface area contributed by atoms with Crippen LogP contribution in [0.4, 0.5) is 5.69 Å². The molecule has 1 aromatic carbocycles. The molecule has 1 saturated carbocycles. The molecule has 1 N–H and O–H groups in total. The van der Waals surface area contributed by atoms with E-state index in [-0.39, 0.29) is 12.0 Å². The van der Waals surface area contributed by atoms with Gasteiger partial charge in [0.2, 0.25) is 5.91 Å². The fourth-order valence-electron chi connectivity index (χ4n) is 4.69. The molecule has 3 rings (SSSR count). The monoisotopic (exact) mass is 455 g/mol. The molecule has 1 aromatic rings. The van der Waals surface area contributed by atoms with Gasteiger partial charge in [-0.3, -0.25) is 9.69 Å². The molecule has 0 aromatic heterocycles. The Labute approximate surface area is 191 Å². The van der Waals surface area contributed by atoms with Crippen LogP contribution in [-0.4, -0.2) is 62.3 Å². The highest BCUT2D eigenvalue weighted by Gasteiger charge is 2.28. The lowest BCUT2D eigenvalue weighted by atomic mass is 9.84. The maximum atomic E-state index is 12.0. The summed E-state index contributed by atoms with van der Waals surface area (Å²) in [6.45, 7) is 8.26. The summed E-state index contributed by atoms with van der Waals surface area (Å²) in [6, 6.07) is 6.58. The molecular weight excluding hydrogens is 421 g/mol. The fourth-order valence-corrected chi connectivity index (χ4v) is 5.10. The normalized spacial score (nSPS) is 26.4. The van der Waals surface area contributed by atoms with E-state index in [0.717, 1.165) is 50.6 Å². The van der Waals surface area contributed by atoms with Gasteiger partial charge in [0.05, 0.1) is 15.7 Å². The van der Waals surface area contributed by atoms with Gasteiger partial charge in [-0.25, -0.2) is 0 Å². The first kappa shape index (κ1) is 23.6. The van der Waals surface area contributed by atoms with E-state index in [1.165, 1.54) is 19.3 Å². The van der Waals surface area contributed by atoms with Crippen molar-refractivity contribution in [3.8, 4) is 0 Å². The summed E-state index contributed by atoms with van der Waals surface area (Å²) >= 11 is 12.6. The summed E-state index contributed by atoms with van der Waals surface area (Å²) in [7, 11) is 1.57. The third-order valence-corrected chi connectivity index (χ3v) is 7.53. The molecule has 1 aliphatic heterocycles. The zero-order chi connectivity index (χ0) is 21.7. The van der Waals surface area contributed by atoms with Crippen LogP contribution < -0.4 is 10.2 Å². The minimum Gasteiger partial charge on any atom is -0.372 e. The number of methoxy groups -OCH3 is 1. The van der Waals surface area contributed by atoms with Crippen LogP contribution in [0.5, 0.6) is 0 Å². The first-order chi connectivity index (χ1) is 14.4. The van der Waals surface area contributed by atoms with Gasteiger partial charge in [-0.2, -0.15) is 0 Å². The first-order valence-corrected chi connectivity index (χ1v) is 11.9. The predicted molar refractivity (Wildman–Crippen MR) is 125 cm³/mol. The highest BCUT2D eigenvalue weighted by Crippen LogP contribution is 2.34. The summed E-state index contributed by atoms with van der Waals surface area (Å²) in [5.41, 5.74) is 1.04. The second-order valence-electron chi connectivity index (χ2n) is 8.81. The van der Waals surface area contributed by atoms with Gasteiger partial charge in [-0.1, -0.05) is 29.3 Å². The van der Waals surface area contributed by atoms with Gasteiger partial charge in [0.25, 0.3) is 0 Å². The first-order valence-electron chi connectivity index (χ1n) is 11.1. The van der Waals surface area contributed by atoms with Gasteiger partial charge in [0.15, 0.2) is 0 Å². The highest BCUT2D eigenvalue weighted by molar-refractivity contribution is 6.43. The minimum absolute atomic E-state index is 0.00705. The topological polar surface area (TPSA) is 44.8 Å². The van der Waals surface area contributed by atoms with Crippen molar-refractivity contribution >= 4 is 34.8 Å². The van der Waals surface area contributed by atoms with Crippen LogP contribution in [0, 0.1) is 5.92 Å². The summed E-state index contributed by atoms with van der Waals surface area (Å²) < 4.78 is 5.10. The molecule has 5 nitrogen and oxygen atoms in total. The number of nitrogens with one attached hydrogen (secondary N) is 1. The smallest absolute Gasteiger partial charge is 0.249 e. The SMILES string of the molecule is COC(C)C(=O)NC1CCC(CCN2CCN(c3cccc(Cl)c3Cl)C(C)C2)CC1. The van der Waals surface area contributed by atoms with Crippen molar-refractivity contribution in [2.24, 2.45) is 5.92 Å². The Morgan fingerprint density at radius 1 is 1.23 bits per heavy atom. The Morgan fingerprint density at radius 3 is 2.63 bits per heavy atom. The standard InChI is InChI=1S/C23H35Cl2N3O2/c1-16-15-27(13-14-28(16)21-6-4-5-20(24)22(21)25)12-11-18-7-9-19(10-8-18)26-23(29)17(2)30-3/h4-6,16-19H,7-15H2,1-3H3,(H,26,29). The number of hydrogen-bond donors (Lipinski definition) is 1. The molecule has 1 heterocycles. The molecule has 2 aliphatic rings. The fraction of sp³-hybridized carbons (Fsp3) is 0.696. The van der Waals surface area contributed by atoms with Crippen LogP contribution in [-0.2, 0) is 9.53 Å². The molecule has 0 spiro atoms. The summed E-state index contributed by atoms with van der Waals surface area (Å²) in [4.78, 5) is 16.9. The quantitative estimate of drug-likeness (QED) is 0.651. The lowest BCUT2D eigenvalue weighted by Gasteiger charge is -2.42.